The molecule has 0 aliphatic heterocycles. The standard InChI is InChI=1S/C11H22N4/c1-6-10(11(2,3)4)12-7-9-8-13-14-15(9)5/h8,10,12H,6-7H2,1-5H3. The molecule has 1 unspecified atom stereocenters. The first-order valence-electron chi connectivity index (χ1n) is 5.52. The fourth-order valence-corrected chi connectivity index (χ4v) is 1.76. The van der Waals surface area contributed by atoms with E-state index in [2.05, 4.69) is 43.3 Å². The lowest BCUT2D eigenvalue weighted by molar-refractivity contribution is 0.258. The average molecular weight is 210 g/mol. The zero-order chi connectivity index (χ0) is 11.5. The van der Waals surface area contributed by atoms with Crippen molar-refractivity contribution in [3.05, 3.63) is 11.9 Å². The van der Waals surface area contributed by atoms with E-state index in [1.54, 1.807) is 0 Å². The van der Waals surface area contributed by atoms with Gasteiger partial charge in [0.05, 0.1) is 11.9 Å². The summed E-state index contributed by atoms with van der Waals surface area (Å²) in [5, 5.41) is 11.3. The normalized spacial score (nSPS) is 14.2. The molecular formula is C11H22N4. The summed E-state index contributed by atoms with van der Waals surface area (Å²) in [5.74, 6) is 0. The SMILES string of the molecule is CCC(NCc1cnnn1C)C(C)(C)C. The minimum atomic E-state index is 0.292. The first-order chi connectivity index (χ1) is 6.95. The van der Waals surface area contributed by atoms with Crippen LogP contribution in [0.4, 0.5) is 0 Å². The molecule has 1 aromatic rings. The molecule has 0 aliphatic carbocycles. The highest BCUT2D eigenvalue weighted by atomic mass is 15.4. The molecule has 0 spiro atoms. The van der Waals surface area contributed by atoms with Gasteiger partial charge in [0.2, 0.25) is 0 Å². The maximum absolute atomic E-state index is 3.91. The van der Waals surface area contributed by atoms with Gasteiger partial charge in [-0.15, -0.1) is 5.10 Å². The Morgan fingerprint density at radius 2 is 2.13 bits per heavy atom. The van der Waals surface area contributed by atoms with Gasteiger partial charge in [-0.3, -0.25) is 4.68 Å². The summed E-state index contributed by atoms with van der Waals surface area (Å²) in [5.41, 5.74) is 1.42. The Bertz CT molecular complexity index is 298. The Kier molecular flexibility index (Phi) is 3.85. The topological polar surface area (TPSA) is 42.7 Å². The second-order valence-electron chi connectivity index (χ2n) is 5.06. The summed E-state index contributed by atoms with van der Waals surface area (Å²) in [6.07, 6.45) is 2.94. The van der Waals surface area contributed by atoms with Crippen molar-refractivity contribution >= 4 is 0 Å². The van der Waals surface area contributed by atoms with Crippen LogP contribution in [0.15, 0.2) is 6.20 Å². The Labute approximate surface area is 92.1 Å². The Hall–Kier alpha value is -0.900. The molecule has 0 fully saturated rings. The van der Waals surface area contributed by atoms with Gasteiger partial charge in [0.25, 0.3) is 0 Å². The fraction of sp³-hybridized carbons (Fsp3) is 0.818. The molecule has 0 saturated carbocycles. The van der Waals surface area contributed by atoms with Gasteiger partial charge in [-0.1, -0.05) is 32.9 Å². The third-order valence-electron chi connectivity index (χ3n) is 2.79. The first-order valence-corrected chi connectivity index (χ1v) is 5.52. The maximum atomic E-state index is 3.91. The molecule has 4 heteroatoms. The second-order valence-corrected chi connectivity index (χ2v) is 5.06. The summed E-state index contributed by atoms with van der Waals surface area (Å²) in [7, 11) is 1.92. The van der Waals surface area contributed by atoms with Crippen molar-refractivity contribution in [3.8, 4) is 0 Å². The molecule has 0 aliphatic rings. The molecule has 0 saturated heterocycles. The zero-order valence-corrected chi connectivity index (χ0v) is 10.4. The molecule has 1 atom stereocenters. The van der Waals surface area contributed by atoms with E-state index in [0.29, 0.717) is 11.5 Å². The van der Waals surface area contributed by atoms with Crippen molar-refractivity contribution in [1.82, 2.24) is 20.3 Å². The smallest absolute Gasteiger partial charge is 0.0738 e. The molecule has 0 bridgehead atoms. The van der Waals surface area contributed by atoms with Crippen LogP contribution in [0.1, 0.15) is 39.8 Å². The zero-order valence-electron chi connectivity index (χ0n) is 10.4. The number of aromatic nitrogens is 3. The number of rotatable bonds is 4. The van der Waals surface area contributed by atoms with Crippen LogP contribution < -0.4 is 5.32 Å². The minimum Gasteiger partial charge on any atom is -0.308 e. The van der Waals surface area contributed by atoms with Gasteiger partial charge in [-0.05, 0) is 11.8 Å². The number of nitrogens with one attached hydrogen (secondary N) is 1. The molecule has 15 heavy (non-hydrogen) atoms. The van der Waals surface area contributed by atoms with Gasteiger partial charge in [0.1, 0.15) is 0 Å². The van der Waals surface area contributed by atoms with Gasteiger partial charge < -0.3 is 5.32 Å². The van der Waals surface area contributed by atoms with Gasteiger partial charge in [-0.2, -0.15) is 0 Å². The highest BCUT2D eigenvalue weighted by Gasteiger charge is 2.22. The summed E-state index contributed by atoms with van der Waals surface area (Å²) >= 11 is 0. The third kappa shape index (κ3) is 3.30. The number of nitrogens with zero attached hydrogens (tertiary/aromatic N) is 3. The molecule has 0 aromatic carbocycles. The van der Waals surface area contributed by atoms with Crippen molar-refractivity contribution < 1.29 is 0 Å². The highest BCUT2D eigenvalue weighted by molar-refractivity contribution is 4.93. The predicted octanol–water partition coefficient (Wildman–Crippen LogP) is 1.73. The monoisotopic (exact) mass is 210 g/mol. The fourth-order valence-electron chi connectivity index (χ4n) is 1.76. The lowest BCUT2D eigenvalue weighted by Gasteiger charge is -2.30. The second kappa shape index (κ2) is 4.75. The van der Waals surface area contributed by atoms with Crippen molar-refractivity contribution in [1.29, 1.82) is 0 Å². The molecule has 4 nitrogen and oxygen atoms in total. The summed E-state index contributed by atoms with van der Waals surface area (Å²) < 4.78 is 1.81. The minimum absolute atomic E-state index is 0.292. The molecule has 1 aromatic heterocycles. The van der Waals surface area contributed by atoms with E-state index in [1.165, 1.54) is 0 Å². The molecular weight excluding hydrogens is 188 g/mol. The van der Waals surface area contributed by atoms with Gasteiger partial charge in [0.15, 0.2) is 0 Å². The van der Waals surface area contributed by atoms with E-state index in [4.69, 9.17) is 0 Å². The van der Waals surface area contributed by atoms with Crippen LogP contribution in [0, 0.1) is 5.41 Å². The molecule has 86 valence electrons. The number of hydrogen-bond donors (Lipinski definition) is 1. The average Bonchev–Trinajstić information content (AvgIpc) is 2.50. The van der Waals surface area contributed by atoms with Crippen LogP contribution in [0.3, 0.4) is 0 Å². The number of hydrogen-bond acceptors (Lipinski definition) is 3. The quantitative estimate of drug-likeness (QED) is 0.823. The van der Waals surface area contributed by atoms with Crippen LogP contribution in [-0.2, 0) is 13.6 Å². The first kappa shape index (κ1) is 12.2. The van der Waals surface area contributed by atoms with E-state index >= 15 is 0 Å². The van der Waals surface area contributed by atoms with E-state index in [9.17, 15) is 0 Å². The number of aryl methyl sites for hydroxylation is 1. The Morgan fingerprint density at radius 3 is 2.53 bits per heavy atom. The van der Waals surface area contributed by atoms with Gasteiger partial charge in [-0.25, -0.2) is 0 Å². The van der Waals surface area contributed by atoms with E-state index in [0.717, 1.165) is 18.7 Å². The molecule has 1 rings (SSSR count). The summed E-state index contributed by atoms with van der Waals surface area (Å²) in [4.78, 5) is 0. The molecule has 1 heterocycles. The van der Waals surface area contributed by atoms with Crippen molar-refractivity contribution in [2.24, 2.45) is 12.5 Å². The maximum Gasteiger partial charge on any atom is 0.0738 e. The van der Waals surface area contributed by atoms with Crippen LogP contribution >= 0.6 is 0 Å². The van der Waals surface area contributed by atoms with Crippen molar-refractivity contribution in [3.63, 3.8) is 0 Å². The highest BCUT2D eigenvalue weighted by Crippen LogP contribution is 2.21. The largest absolute Gasteiger partial charge is 0.308 e. The molecule has 1 N–H and O–H groups in total. The Morgan fingerprint density at radius 1 is 1.47 bits per heavy atom. The summed E-state index contributed by atoms with van der Waals surface area (Å²) in [6, 6.07) is 0.521. The molecule has 0 radical (unpaired) electrons. The lowest BCUT2D eigenvalue weighted by Crippen LogP contribution is -2.39. The third-order valence-corrected chi connectivity index (χ3v) is 2.79. The van der Waals surface area contributed by atoms with E-state index < -0.39 is 0 Å². The van der Waals surface area contributed by atoms with Crippen LogP contribution in [-0.4, -0.2) is 21.0 Å². The van der Waals surface area contributed by atoms with Crippen molar-refractivity contribution in [2.45, 2.75) is 46.7 Å². The Balaban J connectivity index is 2.52. The van der Waals surface area contributed by atoms with E-state index in [1.807, 2.05) is 17.9 Å². The van der Waals surface area contributed by atoms with Crippen molar-refractivity contribution in [2.75, 3.05) is 0 Å². The van der Waals surface area contributed by atoms with Crippen LogP contribution in [0.2, 0.25) is 0 Å². The van der Waals surface area contributed by atoms with Gasteiger partial charge >= 0.3 is 0 Å². The predicted molar refractivity (Wildman–Crippen MR) is 61.4 cm³/mol. The summed E-state index contributed by atoms with van der Waals surface area (Å²) in [6.45, 7) is 9.82. The van der Waals surface area contributed by atoms with Gasteiger partial charge in [0, 0.05) is 19.6 Å². The lowest BCUT2D eigenvalue weighted by atomic mass is 9.85. The van der Waals surface area contributed by atoms with E-state index in [-0.39, 0.29) is 0 Å². The van der Waals surface area contributed by atoms with Crippen LogP contribution in [0.5, 0.6) is 0 Å². The molecule has 0 amide bonds. The van der Waals surface area contributed by atoms with Crippen LogP contribution in [0.25, 0.3) is 0 Å².